The molecule has 6 heteroatoms. The molecule has 0 spiro atoms. The van der Waals surface area contributed by atoms with Crippen LogP contribution < -0.4 is 15.6 Å². The predicted molar refractivity (Wildman–Crippen MR) is 113 cm³/mol. The molecule has 150 valence electrons. The van der Waals surface area contributed by atoms with Crippen LogP contribution >= 0.6 is 0 Å². The topological polar surface area (TPSA) is 84.1 Å². The number of aromatic amines is 1. The van der Waals surface area contributed by atoms with Gasteiger partial charge in [0.2, 0.25) is 0 Å². The first-order valence-corrected chi connectivity index (χ1v) is 9.39. The van der Waals surface area contributed by atoms with E-state index in [1.165, 1.54) is 6.20 Å². The maximum absolute atomic E-state index is 12.5. The van der Waals surface area contributed by atoms with E-state index in [1.54, 1.807) is 43.8 Å². The highest BCUT2D eigenvalue weighted by Gasteiger charge is 2.23. The summed E-state index contributed by atoms with van der Waals surface area (Å²) in [5.74, 6) is 0.490. The third-order valence-electron chi connectivity index (χ3n) is 4.70. The highest BCUT2D eigenvalue weighted by Crippen LogP contribution is 2.36. The van der Waals surface area contributed by atoms with Crippen LogP contribution in [-0.2, 0) is 12.0 Å². The molecule has 2 aromatic heterocycles. The van der Waals surface area contributed by atoms with Crippen LogP contribution in [0.5, 0.6) is 5.75 Å². The molecule has 0 radical (unpaired) electrons. The molecule has 0 fully saturated rings. The molecule has 0 aliphatic rings. The standard InChI is InChI=1S/C23H25N3O3/c1-23(2,3)19-12-18(17-8-6-10-25-22(17)28)16(11-20(19)29-4)14-26-21(27)15-7-5-9-24-13-15/h5-13H,14H2,1-4H3,(H,25,28)(H,26,27). The van der Waals surface area contributed by atoms with Gasteiger partial charge in [-0.15, -0.1) is 0 Å². The van der Waals surface area contributed by atoms with Crippen molar-refractivity contribution in [3.63, 3.8) is 0 Å². The highest BCUT2D eigenvalue weighted by atomic mass is 16.5. The fraction of sp³-hybridized carbons (Fsp3) is 0.261. The summed E-state index contributed by atoms with van der Waals surface area (Å²) in [6.07, 6.45) is 4.73. The van der Waals surface area contributed by atoms with Crippen molar-refractivity contribution in [2.75, 3.05) is 7.11 Å². The number of amides is 1. The van der Waals surface area contributed by atoms with Crippen molar-refractivity contribution < 1.29 is 9.53 Å². The molecule has 0 aliphatic heterocycles. The van der Waals surface area contributed by atoms with Gasteiger partial charge in [0.05, 0.1) is 12.7 Å². The number of nitrogens with one attached hydrogen (secondary N) is 2. The average molecular weight is 391 g/mol. The lowest BCUT2D eigenvalue weighted by Crippen LogP contribution is -2.24. The van der Waals surface area contributed by atoms with Crippen molar-refractivity contribution in [2.24, 2.45) is 0 Å². The molecular formula is C23H25N3O3. The van der Waals surface area contributed by atoms with Crippen LogP contribution in [0.25, 0.3) is 11.1 Å². The Labute approximate surface area is 170 Å². The molecule has 0 aliphatic carbocycles. The van der Waals surface area contributed by atoms with E-state index in [-0.39, 0.29) is 23.4 Å². The monoisotopic (exact) mass is 391 g/mol. The zero-order valence-corrected chi connectivity index (χ0v) is 17.1. The number of benzene rings is 1. The average Bonchev–Trinajstić information content (AvgIpc) is 2.71. The molecular weight excluding hydrogens is 366 g/mol. The van der Waals surface area contributed by atoms with E-state index in [2.05, 4.69) is 36.1 Å². The van der Waals surface area contributed by atoms with Gasteiger partial charge in [0.15, 0.2) is 0 Å². The van der Waals surface area contributed by atoms with Crippen molar-refractivity contribution in [2.45, 2.75) is 32.7 Å². The van der Waals surface area contributed by atoms with Crippen LogP contribution in [0.3, 0.4) is 0 Å². The second-order valence-corrected chi connectivity index (χ2v) is 7.80. The van der Waals surface area contributed by atoms with Crippen molar-refractivity contribution in [3.8, 4) is 16.9 Å². The molecule has 0 bridgehead atoms. The summed E-state index contributed by atoms with van der Waals surface area (Å²) in [5.41, 5.74) is 3.21. The minimum atomic E-state index is -0.232. The van der Waals surface area contributed by atoms with E-state index < -0.39 is 0 Å². The molecule has 1 amide bonds. The molecule has 1 aromatic carbocycles. The van der Waals surface area contributed by atoms with Crippen LogP contribution in [0.15, 0.2) is 59.8 Å². The number of methoxy groups -OCH3 is 1. The van der Waals surface area contributed by atoms with Crippen molar-refractivity contribution in [1.82, 2.24) is 15.3 Å². The summed E-state index contributed by atoms with van der Waals surface area (Å²) in [6.45, 7) is 6.52. The maximum Gasteiger partial charge on any atom is 0.255 e. The van der Waals surface area contributed by atoms with E-state index in [0.29, 0.717) is 11.1 Å². The molecule has 0 atom stereocenters. The van der Waals surface area contributed by atoms with E-state index in [9.17, 15) is 9.59 Å². The fourth-order valence-corrected chi connectivity index (χ4v) is 3.18. The first-order valence-electron chi connectivity index (χ1n) is 9.39. The van der Waals surface area contributed by atoms with Crippen molar-refractivity contribution in [3.05, 3.63) is 82.0 Å². The number of pyridine rings is 2. The van der Waals surface area contributed by atoms with Gasteiger partial charge in [-0.1, -0.05) is 20.8 Å². The number of rotatable bonds is 5. The van der Waals surface area contributed by atoms with Gasteiger partial charge in [0, 0.05) is 36.3 Å². The first kappa shape index (κ1) is 20.3. The number of hydrogen-bond donors (Lipinski definition) is 2. The Hall–Kier alpha value is -3.41. The molecule has 2 N–H and O–H groups in total. The van der Waals surface area contributed by atoms with Crippen LogP contribution in [0.1, 0.15) is 42.3 Å². The Balaban J connectivity index is 2.06. The second kappa shape index (κ2) is 8.31. The minimum Gasteiger partial charge on any atom is -0.496 e. The van der Waals surface area contributed by atoms with Crippen LogP contribution in [-0.4, -0.2) is 23.0 Å². The lowest BCUT2D eigenvalue weighted by atomic mass is 9.83. The summed E-state index contributed by atoms with van der Waals surface area (Å²) in [5, 5.41) is 2.91. The second-order valence-electron chi connectivity index (χ2n) is 7.80. The van der Waals surface area contributed by atoms with Crippen LogP contribution in [0, 0.1) is 0 Å². The van der Waals surface area contributed by atoms with Crippen molar-refractivity contribution >= 4 is 5.91 Å². The molecule has 0 saturated heterocycles. The summed E-state index contributed by atoms with van der Waals surface area (Å²) < 4.78 is 5.62. The summed E-state index contributed by atoms with van der Waals surface area (Å²) in [7, 11) is 1.62. The number of aromatic nitrogens is 2. The lowest BCUT2D eigenvalue weighted by molar-refractivity contribution is 0.0950. The van der Waals surface area contributed by atoms with Gasteiger partial charge < -0.3 is 15.0 Å². The van der Waals surface area contributed by atoms with Gasteiger partial charge in [0.1, 0.15) is 5.75 Å². The van der Waals surface area contributed by atoms with Gasteiger partial charge >= 0.3 is 0 Å². The predicted octanol–water partition coefficient (Wildman–Crippen LogP) is 3.67. The Morgan fingerprint density at radius 3 is 2.59 bits per heavy atom. The number of H-pyrrole nitrogens is 1. The molecule has 29 heavy (non-hydrogen) atoms. The van der Waals surface area contributed by atoms with Gasteiger partial charge in [-0.3, -0.25) is 14.6 Å². The lowest BCUT2D eigenvalue weighted by Gasteiger charge is -2.24. The van der Waals surface area contributed by atoms with E-state index in [4.69, 9.17) is 4.74 Å². The quantitative estimate of drug-likeness (QED) is 0.695. The zero-order chi connectivity index (χ0) is 21.0. The Kier molecular flexibility index (Phi) is 5.82. The smallest absolute Gasteiger partial charge is 0.255 e. The molecule has 6 nitrogen and oxygen atoms in total. The number of carbonyl (C=O) groups is 1. The van der Waals surface area contributed by atoms with Crippen LogP contribution in [0.4, 0.5) is 0 Å². The largest absolute Gasteiger partial charge is 0.496 e. The number of ether oxygens (including phenoxy) is 1. The third-order valence-corrected chi connectivity index (χ3v) is 4.70. The van der Waals surface area contributed by atoms with Gasteiger partial charge in [-0.2, -0.15) is 0 Å². The van der Waals surface area contributed by atoms with Crippen LogP contribution in [0.2, 0.25) is 0 Å². The number of nitrogens with zero attached hydrogens (tertiary/aromatic N) is 1. The summed E-state index contributed by atoms with van der Waals surface area (Å²) >= 11 is 0. The Morgan fingerprint density at radius 1 is 1.17 bits per heavy atom. The number of hydrogen-bond acceptors (Lipinski definition) is 4. The number of carbonyl (C=O) groups excluding carboxylic acids is 1. The zero-order valence-electron chi connectivity index (χ0n) is 17.1. The van der Waals surface area contributed by atoms with E-state index in [1.807, 2.05) is 12.1 Å². The first-order chi connectivity index (χ1) is 13.8. The summed E-state index contributed by atoms with van der Waals surface area (Å²) in [6, 6.07) is 10.9. The molecule has 2 heterocycles. The highest BCUT2D eigenvalue weighted by molar-refractivity contribution is 5.93. The van der Waals surface area contributed by atoms with E-state index >= 15 is 0 Å². The van der Waals surface area contributed by atoms with Gasteiger partial charge in [-0.05, 0) is 52.9 Å². The molecule has 3 rings (SSSR count). The third kappa shape index (κ3) is 4.54. The molecule has 0 unspecified atom stereocenters. The van der Waals surface area contributed by atoms with E-state index in [0.717, 1.165) is 22.4 Å². The molecule has 3 aromatic rings. The Bertz CT molecular complexity index is 1070. The van der Waals surface area contributed by atoms with Crippen molar-refractivity contribution in [1.29, 1.82) is 0 Å². The Morgan fingerprint density at radius 2 is 1.97 bits per heavy atom. The SMILES string of the molecule is COc1cc(CNC(=O)c2cccnc2)c(-c2ccc[nH]c2=O)cc1C(C)(C)C. The summed E-state index contributed by atoms with van der Waals surface area (Å²) in [4.78, 5) is 31.6. The normalized spacial score (nSPS) is 11.2. The molecule has 0 saturated carbocycles. The fourth-order valence-electron chi connectivity index (χ4n) is 3.18. The maximum atomic E-state index is 12.5. The van der Waals surface area contributed by atoms with Gasteiger partial charge in [0.25, 0.3) is 11.5 Å². The minimum absolute atomic E-state index is 0.181. The van der Waals surface area contributed by atoms with Gasteiger partial charge in [-0.25, -0.2) is 0 Å².